The highest BCUT2D eigenvalue weighted by Gasteiger charge is 2.21. The van der Waals surface area contributed by atoms with Gasteiger partial charge in [0.1, 0.15) is 4.28 Å². The van der Waals surface area contributed by atoms with Gasteiger partial charge in [0.05, 0.1) is 0 Å². The van der Waals surface area contributed by atoms with Gasteiger partial charge in [0, 0.05) is 12.2 Å². The average Bonchev–Trinajstić information content (AvgIpc) is 2.55. The number of nitrogens with zero attached hydrogens (tertiary/aromatic N) is 1. The minimum atomic E-state index is -0.804. The molecule has 16 heavy (non-hydrogen) atoms. The molecule has 1 aliphatic heterocycles. The van der Waals surface area contributed by atoms with Crippen molar-refractivity contribution in [3.8, 4) is 0 Å². The van der Waals surface area contributed by atoms with Crippen LogP contribution in [0, 0.1) is 11.6 Å². The van der Waals surface area contributed by atoms with Crippen LogP contribution in [0.4, 0.5) is 8.78 Å². The summed E-state index contributed by atoms with van der Waals surface area (Å²) in [6.45, 7) is 2.57. The van der Waals surface area contributed by atoms with Crippen molar-refractivity contribution in [3.63, 3.8) is 0 Å². The van der Waals surface area contributed by atoms with E-state index in [0.717, 1.165) is 17.3 Å². The molecule has 0 aliphatic carbocycles. The van der Waals surface area contributed by atoms with Gasteiger partial charge in [-0.15, -0.1) is 0 Å². The van der Waals surface area contributed by atoms with Crippen LogP contribution in [-0.2, 0) is 6.54 Å². The molecule has 0 fully saturated rings. The van der Waals surface area contributed by atoms with E-state index in [1.807, 2.05) is 12.3 Å². The molecule has 1 aliphatic rings. The predicted molar refractivity (Wildman–Crippen MR) is 66.0 cm³/mol. The molecule has 1 atom stereocenters. The second-order valence-corrected chi connectivity index (χ2v) is 5.99. The maximum Gasteiger partial charge on any atom is 0.159 e. The van der Waals surface area contributed by atoms with E-state index in [0.29, 0.717) is 6.54 Å². The number of hydrogen-bond donors (Lipinski definition) is 0. The highest BCUT2D eigenvalue weighted by molar-refractivity contribution is 9.11. The topological polar surface area (TPSA) is 3.24 Å². The van der Waals surface area contributed by atoms with Crippen LogP contribution in [0.2, 0.25) is 0 Å². The fourth-order valence-electron chi connectivity index (χ4n) is 1.49. The summed E-state index contributed by atoms with van der Waals surface area (Å²) < 4.78 is 25.9. The molecule has 0 N–H and O–H groups in total. The fourth-order valence-corrected chi connectivity index (χ4v) is 3.11. The SMILES string of the molecule is CC1=CSC(Br)N1Cc1ccc(F)c(F)c1. The summed E-state index contributed by atoms with van der Waals surface area (Å²) in [5.41, 5.74) is 1.88. The molecule has 86 valence electrons. The quantitative estimate of drug-likeness (QED) is 0.599. The second-order valence-electron chi connectivity index (χ2n) is 3.56. The normalized spacial score (nSPS) is 20.1. The second kappa shape index (κ2) is 4.75. The first kappa shape index (κ1) is 11.9. The zero-order chi connectivity index (χ0) is 11.7. The lowest BCUT2D eigenvalue weighted by Crippen LogP contribution is -2.22. The Kier molecular flexibility index (Phi) is 3.54. The predicted octanol–water partition coefficient (Wildman–Crippen LogP) is 4.05. The lowest BCUT2D eigenvalue weighted by Gasteiger charge is -2.23. The summed E-state index contributed by atoms with van der Waals surface area (Å²) in [5, 5.41) is 2.04. The maximum absolute atomic E-state index is 13.0. The third-order valence-corrected chi connectivity index (χ3v) is 4.48. The molecule has 1 aromatic carbocycles. The molecular formula is C11H10BrF2NS. The number of halogens is 3. The Morgan fingerprint density at radius 3 is 2.69 bits per heavy atom. The molecule has 0 amide bonds. The number of rotatable bonds is 2. The van der Waals surface area contributed by atoms with Gasteiger partial charge >= 0.3 is 0 Å². The van der Waals surface area contributed by atoms with Gasteiger partial charge in [0.15, 0.2) is 11.6 Å². The molecular weight excluding hydrogens is 296 g/mol. The molecule has 0 aromatic heterocycles. The van der Waals surface area contributed by atoms with Crippen LogP contribution in [0.15, 0.2) is 29.3 Å². The molecule has 1 aromatic rings. The van der Waals surface area contributed by atoms with Crippen LogP contribution >= 0.6 is 27.7 Å². The highest BCUT2D eigenvalue weighted by Crippen LogP contribution is 2.35. The van der Waals surface area contributed by atoms with Crippen molar-refractivity contribution < 1.29 is 8.78 Å². The maximum atomic E-state index is 13.0. The van der Waals surface area contributed by atoms with Gasteiger partial charge in [-0.05, 0) is 30.0 Å². The summed E-state index contributed by atoms with van der Waals surface area (Å²) in [6.07, 6.45) is 0. The van der Waals surface area contributed by atoms with Crippen LogP contribution in [0.25, 0.3) is 0 Å². The molecule has 0 saturated carbocycles. The van der Waals surface area contributed by atoms with E-state index >= 15 is 0 Å². The van der Waals surface area contributed by atoms with E-state index in [4.69, 9.17) is 0 Å². The van der Waals surface area contributed by atoms with E-state index in [2.05, 4.69) is 20.8 Å². The molecule has 1 heterocycles. The number of alkyl halides is 1. The van der Waals surface area contributed by atoms with E-state index in [1.165, 1.54) is 6.07 Å². The van der Waals surface area contributed by atoms with Crippen molar-refractivity contribution in [1.29, 1.82) is 0 Å². The molecule has 0 saturated heterocycles. The third kappa shape index (κ3) is 2.40. The van der Waals surface area contributed by atoms with Crippen molar-refractivity contribution in [2.24, 2.45) is 0 Å². The van der Waals surface area contributed by atoms with Crippen molar-refractivity contribution >= 4 is 27.7 Å². The average molecular weight is 306 g/mol. The van der Waals surface area contributed by atoms with Gasteiger partial charge in [0.2, 0.25) is 0 Å². The lowest BCUT2D eigenvalue weighted by atomic mass is 10.2. The molecule has 5 heteroatoms. The minimum Gasteiger partial charge on any atom is -0.349 e. The first-order chi connectivity index (χ1) is 7.58. The van der Waals surface area contributed by atoms with E-state index in [1.54, 1.807) is 17.8 Å². The Bertz CT molecular complexity index is 436. The minimum absolute atomic E-state index is 0.167. The molecule has 0 radical (unpaired) electrons. The van der Waals surface area contributed by atoms with Crippen molar-refractivity contribution in [3.05, 3.63) is 46.5 Å². The van der Waals surface area contributed by atoms with Gasteiger partial charge in [-0.2, -0.15) is 0 Å². The zero-order valence-corrected chi connectivity index (χ0v) is 11.0. The largest absolute Gasteiger partial charge is 0.349 e. The summed E-state index contributed by atoms with van der Waals surface area (Å²) >= 11 is 5.16. The number of hydrogen-bond acceptors (Lipinski definition) is 2. The van der Waals surface area contributed by atoms with Gasteiger partial charge in [-0.3, -0.25) is 0 Å². The lowest BCUT2D eigenvalue weighted by molar-refractivity contribution is 0.386. The molecule has 0 bridgehead atoms. The molecule has 1 nitrogen and oxygen atoms in total. The Morgan fingerprint density at radius 2 is 2.12 bits per heavy atom. The van der Waals surface area contributed by atoms with Crippen molar-refractivity contribution in [2.75, 3.05) is 0 Å². The fraction of sp³-hybridized carbons (Fsp3) is 0.273. The molecule has 2 rings (SSSR count). The van der Waals surface area contributed by atoms with Crippen LogP contribution in [0.1, 0.15) is 12.5 Å². The van der Waals surface area contributed by atoms with Crippen LogP contribution < -0.4 is 0 Å². The van der Waals surface area contributed by atoms with Gasteiger partial charge < -0.3 is 4.90 Å². The Morgan fingerprint density at radius 1 is 1.38 bits per heavy atom. The smallest absolute Gasteiger partial charge is 0.159 e. The summed E-state index contributed by atoms with van der Waals surface area (Å²) in [5.74, 6) is -1.60. The number of benzene rings is 1. The molecule has 1 unspecified atom stereocenters. The first-order valence-electron chi connectivity index (χ1n) is 4.75. The first-order valence-corrected chi connectivity index (χ1v) is 6.60. The van der Waals surface area contributed by atoms with Gasteiger partial charge in [0.25, 0.3) is 0 Å². The van der Waals surface area contributed by atoms with E-state index in [-0.39, 0.29) is 4.28 Å². The van der Waals surface area contributed by atoms with Gasteiger partial charge in [-0.1, -0.05) is 33.8 Å². The van der Waals surface area contributed by atoms with E-state index in [9.17, 15) is 8.78 Å². The highest BCUT2D eigenvalue weighted by atomic mass is 79.9. The number of allylic oxidation sites excluding steroid dienone is 1. The third-order valence-electron chi connectivity index (χ3n) is 2.39. The Balaban J connectivity index is 2.15. The van der Waals surface area contributed by atoms with Gasteiger partial charge in [-0.25, -0.2) is 8.78 Å². The van der Waals surface area contributed by atoms with Crippen LogP contribution in [0.3, 0.4) is 0 Å². The summed E-state index contributed by atoms with van der Waals surface area (Å²) in [7, 11) is 0. The Labute approximate surface area is 106 Å². The number of thioether (sulfide) groups is 1. The van der Waals surface area contributed by atoms with Crippen LogP contribution in [0.5, 0.6) is 0 Å². The molecule has 0 spiro atoms. The van der Waals surface area contributed by atoms with E-state index < -0.39 is 11.6 Å². The Hall–Kier alpha value is -0.550. The zero-order valence-electron chi connectivity index (χ0n) is 8.58. The van der Waals surface area contributed by atoms with Crippen LogP contribution in [-0.4, -0.2) is 9.18 Å². The summed E-state index contributed by atoms with van der Waals surface area (Å²) in [4.78, 5) is 2.08. The van der Waals surface area contributed by atoms with Crippen molar-refractivity contribution in [2.45, 2.75) is 17.8 Å². The summed E-state index contributed by atoms with van der Waals surface area (Å²) in [6, 6.07) is 4.01. The van der Waals surface area contributed by atoms with Crippen molar-refractivity contribution in [1.82, 2.24) is 4.90 Å². The standard InChI is InChI=1S/C11H10BrF2NS/c1-7-6-16-11(12)15(7)5-8-2-3-9(13)10(14)4-8/h2-4,6,11H,5H2,1H3. The monoisotopic (exact) mass is 305 g/mol.